The molecule has 1 aliphatic carbocycles. The van der Waals surface area contributed by atoms with Crippen LogP contribution in [0.2, 0.25) is 0 Å². The number of aliphatic hydroxyl groups is 1. The van der Waals surface area contributed by atoms with E-state index in [2.05, 4.69) is 4.90 Å². The molecule has 0 aromatic carbocycles. The zero-order chi connectivity index (χ0) is 10.2. The minimum atomic E-state index is 0.197. The van der Waals surface area contributed by atoms with Crippen molar-refractivity contribution in [2.45, 2.75) is 12.8 Å². The second-order valence-corrected chi connectivity index (χ2v) is 3.87. The third-order valence-corrected chi connectivity index (χ3v) is 2.46. The third kappa shape index (κ3) is 5.54. The van der Waals surface area contributed by atoms with Crippen molar-refractivity contribution in [3.63, 3.8) is 0 Å². The molecule has 1 aliphatic rings. The van der Waals surface area contributed by atoms with Gasteiger partial charge in [0.25, 0.3) is 0 Å². The maximum absolute atomic E-state index is 8.79. The highest BCUT2D eigenvalue weighted by atomic mass is 16.5. The van der Waals surface area contributed by atoms with E-state index in [1.165, 1.54) is 12.8 Å². The van der Waals surface area contributed by atoms with E-state index in [9.17, 15) is 0 Å². The molecule has 1 rings (SSSR count). The van der Waals surface area contributed by atoms with Crippen LogP contribution in [0, 0.1) is 5.92 Å². The van der Waals surface area contributed by atoms with Gasteiger partial charge in [0.2, 0.25) is 0 Å². The topological polar surface area (TPSA) is 58.7 Å². The van der Waals surface area contributed by atoms with Gasteiger partial charge in [-0.1, -0.05) is 0 Å². The lowest BCUT2D eigenvalue weighted by atomic mass is 10.4. The lowest BCUT2D eigenvalue weighted by Crippen LogP contribution is -2.34. The molecule has 0 heterocycles. The third-order valence-electron chi connectivity index (χ3n) is 2.46. The Morgan fingerprint density at radius 2 is 2.07 bits per heavy atom. The van der Waals surface area contributed by atoms with Crippen LogP contribution in [0.4, 0.5) is 0 Å². The average Bonchev–Trinajstić information content (AvgIpc) is 2.96. The molecule has 0 aromatic rings. The van der Waals surface area contributed by atoms with Crippen LogP contribution in [0.15, 0.2) is 0 Å². The normalized spacial score (nSPS) is 16.5. The van der Waals surface area contributed by atoms with Crippen molar-refractivity contribution < 1.29 is 9.84 Å². The van der Waals surface area contributed by atoms with Gasteiger partial charge in [0, 0.05) is 32.8 Å². The first-order valence-corrected chi connectivity index (χ1v) is 5.48. The van der Waals surface area contributed by atoms with Crippen LogP contribution in [0.1, 0.15) is 12.8 Å². The molecule has 1 fully saturated rings. The summed E-state index contributed by atoms with van der Waals surface area (Å²) >= 11 is 0. The predicted octanol–water partition coefficient (Wildman–Crippen LogP) is -0.334. The lowest BCUT2D eigenvalue weighted by Gasteiger charge is -2.19. The highest BCUT2D eigenvalue weighted by Crippen LogP contribution is 2.28. The van der Waals surface area contributed by atoms with Gasteiger partial charge in [-0.05, 0) is 18.8 Å². The molecule has 3 N–H and O–H groups in total. The standard InChI is InChI=1S/C10H22N2O2/c11-3-4-12(5-7-13)6-8-14-9-10-1-2-10/h10,13H,1-9,11H2. The molecule has 0 saturated heterocycles. The molecular formula is C10H22N2O2. The zero-order valence-electron chi connectivity index (χ0n) is 8.82. The fourth-order valence-electron chi connectivity index (χ4n) is 1.39. The van der Waals surface area contributed by atoms with Crippen LogP contribution in [-0.4, -0.2) is 56.0 Å². The molecule has 4 nitrogen and oxygen atoms in total. The van der Waals surface area contributed by atoms with Crippen molar-refractivity contribution in [1.29, 1.82) is 0 Å². The van der Waals surface area contributed by atoms with E-state index in [1.807, 2.05) is 0 Å². The molecule has 0 aromatic heterocycles. The highest BCUT2D eigenvalue weighted by Gasteiger charge is 2.20. The van der Waals surface area contributed by atoms with Crippen molar-refractivity contribution in [2.75, 3.05) is 46.0 Å². The zero-order valence-corrected chi connectivity index (χ0v) is 8.82. The van der Waals surface area contributed by atoms with Crippen molar-refractivity contribution in [3.05, 3.63) is 0 Å². The molecule has 0 unspecified atom stereocenters. The Balaban J connectivity index is 1.93. The van der Waals surface area contributed by atoms with Crippen molar-refractivity contribution >= 4 is 0 Å². The monoisotopic (exact) mass is 202 g/mol. The number of nitrogens with two attached hydrogens (primary N) is 1. The molecule has 4 heteroatoms. The second kappa shape index (κ2) is 7.17. The second-order valence-electron chi connectivity index (χ2n) is 3.87. The minimum Gasteiger partial charge on any atom is -0.395 e. The quantitative estimate of drug-likeness (QED) is 0.502. The Morgan fingerprint density at radius 3 is 2.64 bits per heavy atom. The van der Waals surface area contributed by atoms with Gasteiger partial charge in [-0.2, -0.15) is 0 Å². The molecule has 84 valence electrons. The Morgan fingerprint density at radius 1 is 1.29 bits per heavy atom. The van der Waals surface area contributed by atoms with Gasteiger partial charge < -0.3 is 15.6 Å². The molecule has 0 atom stereocenters. The van der Waals surface area contributed by atoms with E-state index in [-0.39, 0.29) is 6.61 Å². The number of hydrogen-bond acceptors (Lipinski definition) is 4. The van der Waals surface area contributed by atoms with E-state index < -0.39 is 0 Å². The first-order valence-electron chi connectivity index (χ1n) is 5.48. The van der Waals surface area contributed by atoms with Gasteiger partial charge in [-0.25, -0.2) is 0 Å². The Labute approximate surface area is 86.0 Å². The molecule has 0 amide bonds. The summed E-state index contributed by atoms with van der Waals surface area (Å²) in [6.07, 6.45) is 2.67. The summed E-state index contributed by atoms with van der Waals surface area (Å²) in [5, 5.41) is 8.79. The maximum atomic E-state index is 8.79. The van der Waals surface area contributed by atoms with E-state index >= 15 is 0 Å². The van der Waals surface area contributed by atoms with Gasteiger partial charge in [-0.3, -0.25) is 4.90 Å². The van der Waals surface area contributed by atoms with Crippen LogP contribution in [0.3, 0.4) is 0 Å². The number of nitrogens with zero attached hydrogens (tertiary/aromatic N) is 1. The molecule has 0 aliphatic heterocycles. The summed E-state index contributed by atoms with van der Waals surface area (Å²) in [5.74, 6) is 0.829. The summed E-state index contributed by atoms with van der Waals surface area (Å²) in [7, 11) is 0. The summed E-state index contributed by atoms with van der Waals surface area (Å²) in [6, 6.07) is 0. The van der Waals surface area contributed by atoms with Crippen molar-refractivity contribution in [2.24, 2.45) is 11.7 Å². The Kier molecular flexibility index (Phi) is 6.10. The molecule has 14 heavy (non-hydrogen) atoms. The lowest BCUT2D eigenvalue weighted by molar-refractivity contribution is 0.0903. The van der Waals surface area contributed by atoms with Crippen molar-refractivity contribution in [1.82, 2.24) is 4.90 Å². The number of ether oxygens (including phenoxy) is 1. The summed E-state index contributed by atoms with van der Waals surface area (Å²) in [6.45, 7) is 4.93. The summed E-state index contributed by atoms with van der Waals surface area (Å²) in [4.78, 5) is 2.13. The summed E-state index contributed by atoms with van der Waals surface area (Å²) < 4.78 is 5.52. The van der Waals surface area contributed by atoms with Gasteiger partial charge >= 0.3 is 0 Å². The maximum Gasteiger partial charge on any atom is 0.0593 e. The van der Waals surface area contributed by atoms with Gasteiger partial charge in [0.15, 0.2) is 0 Å². The Hall–Kier alpha value is -0.160. The van der Waals surface area contributed by atoms with E-state index in [1.54, 1.807) is 0 Å². The smallest absolute Gasteiger partial charge is 0.0593 e. The number of rotatable bonds is 9. The van der Waals surface area contributed by atoms with Gasteiger partial charge in [0.1, 0.15) is 0 Å². The van der Waals surface area contributed by atoms with E-state index in [0.717, 1.165) is 32.2 Å². The van der Waals surface area contributed by atoms with E-state index in [4.69, 9.17) is 15.6 Å². The SMILES string of the molecule is NCCN(CCO)CCOCC1CC1. The minimum absolute atomic E-state index is 0.197. The fraction of sp³-hybridized carbons (Fsp3) is 1.00. The van der Waals surface area contributed by atoms with E-state index in [0.29, 0.717) is 13.1 Å². The molecule has 0 spiro atoms. The van der Waals surface area contributed by atoms with Crippen LogP contribution in [0.25, 0.3) is 0 Å². The fourth-order valence-corrected chi connectivity index (χ4v) is 1.39. The highest BCUT2D eigenvalue weighted by molar-refractivity contribution is 4.72. The van der Waals surface area contributed by atoms with Gasteiger partial charge in [0.05, 0.1) is 13.2 Å². The van der Waals surface area contributed by atoms with Crippen molar-refractivity contribution in [3.8, 4) is 0 Å². The van der Waals surface area contributed by atoms with Crippen LogP contribution in [0.5, 0.6) is 0 Å². The van der Waals surface area contributed by atoms with Gasteiger partial charge in [-0.15, -0.1) is 0 Å². The largest absolute Gasteiger partial charge is 0.395 e. The Bertz CT molecular complexity index is 134. The number of hydrogen-bond donors (Lipinski definition) is 2. The molecule has 0 radical (unpaired) electrons. The van der Waals surface area contributed by atoms with Crippen LogP contribution < -0.4 is 5.73 Å². The first-order chi connectivity index (χ1) is 6.86. The number of aliphatic hydroxyl groups excluding tert-OH is 1. The molecule has 1 saturated carbocycles. The average molecular weight is 202 g/mol. The summed E-state index contributed by atoms with van der Waals surface area (Å²) in [5.41, 5.74) is 5.46. The molecular weight excluding hydrogens is 180 g/mol. The molecule has 0 bridgehead atoms. The van der Waals surface area contributed by atoms with Crippen LogP contribution in [-0.2, 0) is 4.74 Å². The first kappa shape index (κ1) is 11.9. The van der Waals surface area contributed by atoms with Crippen LogP contribution >= 0.6 is 0 Å². The predicted molar refractivity (Wildman–Crippen MR) is 56.1 cm³/mol.